The van der Waals surface area contributed by atoms with E-state index in [0.29, 0.717) is 5.92 Å². The van der Waals surface area contributed by atoms with E-state index in [0.717, 1.165) is 56.8 Å². The number of pyridine rings is 1. The molecule has 27 heavy (non-hydrogen) atoms. The molecule has 2 aromatic rings. The molecule has 3 heterocycles. The van der Waals surface area contributed by atoms with Crippen LogP contribution in [0, 0.1) is 12.8 Å². The van der Waals surface area contributed by atoms with Gasteiger partial charge in [0.05, 0.1) is 11.6 Å². The van der Waals surface area contributed by atoms with Crippen molar-refractivity contribution in [1.82, 2.24) is 20.5 Å². The van der Waals surface area contributed by atoms with Crippen LogP contribution < -0.4 is 10.6 Å². The summed E-state index contributed by atoms with van der Waals surface area (Å²) < 4.78 is 0. The summed E-state index contributed by atoms with van der Waals surface area (Å²) in [5, 5.41) is 7.66. The van der Waals surface area contributed by atoms with Gasteiger partial charge >= 0.3 is 0 Å². The summed E-state index contributed by atoms with van der Waals surface area (Å²) in [6.45, 7) is 6.97. The average molecular weight is 367 g/mol. The summed E-state index contributed by atoms with van der Waals surface area (Å²) in [6, 6.07) is 10.9. The molecule has 2 aliphatic rings. The lowest BCUT2D eigenvalue weighted by Crippen LogP contribution is -2.45. The molecule has 1 aromatic carbocycles. The van der Waals surface area contributed by atoms with Crippen LogP contribution in [0.5, 0.6) is 0 Å². The van der Waals surface area contributed by atoms with Gasteiger partial charge in [-0.15, -0.1) is 0 Å². The molecular weight excluding hydrogens is 336 g/mol. The number of hydrogen-bond acceptors (Lipinski definition) is 4. The second-order valence-electron chi connectivity index (χ2n) is 8.12. The number of piperidine rings is 1. The molecule has 0 spiro atoms. The molecule has 0 radical (unpaired) electrons. The van der Waals surface area contributed by atoms with Crippen LogP contribution in [0.25, 0.3) is 10.9 Å². The van der Waals surface area contributed by atoms with Crippen molar-refractivity contribution in [3.63, 3.8) is 0 Å². The Morgan fingerprint density at radius 2 is 2.19 bits per heavy atom. The van der Waals surface area contributed by atoms with E-state index in [4.69, 9.17) is 0 Å². The Kier molecular flexibility index (Phi) is 5.69. The van der Waals surface area contributed by atoms with Gasteiger partial charge in [-0.25, -0.2) is 0 Å². The number of benzene rings is 1. The molecule has 5 heteroatoms. The van der Waals surface area contributed by atoms with E-state index in [-0.39, 0.29) is 11.9 Å². The van der Waals surface area contributed by atoms with Crippen LogP contribution in [0.1, 0.15) is 36.9 Å². The molecule has 2 N–H and O–H groups in total. The fourth-order valence-electron chi connectivity index (χ4n) is 4.37. The largest absolute Gasteiger partial charge is 0.354 e. The van der Waals surface area contributed by atoms with E-state index in [9.17, 15) is 4.79 Å². The highest BCUT2D eigenvalue weighted by Crippen LogP contribution is 2.21. The van der Waals surface area contributed by atoms with E-state index in [1.54, 1.807) is 0 Å². The Morgan fingerprint density at radius 1 is 1.26 bits per heavy atom. The van der Waals surface area contributed by atoms with Gasteiger partial charge in [-0.2, -0.15) is 0 Å². The molecule has 2 fully saturated rings. The van der Waals surface area contributed by atoms with Gasteiger partial charge in [0.2, 0.25) is 5.91 Å². The minimum Gasteiger partial charge on any atom is -0.354 e. The van der Waals surface area contributed by atoms with Gasteiger partial charge in [-0.05, 0) is 75.4 Å². The summed E-state index contributed by atoms with van der Waals surface area (Å²) in [6.07, 6.45) is 4.49. The van der Waals surface area contributed by atoms with E-state index in [1.807, 2.05) is 6.92 Å². The van der Waals surface area contributed by atoms with E-state index in [1.165, 1.54) is 23.8 Å². The molecule has 1 amide bonds. The number of hydrogen-bond donors (Lipinski definition) is 2. The smallest absolute Gasteiger partial charge is 0.237 e. The van der Waals surface area contributed by atoms with Crippen molar-refractivity contribution < 1.29 is 4.79 Å². The summed E-state index contributed by atoms with van der Waals surface area (Å²) in [4.78, 5) is 19.3. The third-order valence-corrected chi connectivity index (χ3v) is 5.84. The van der Waals surface area contributed by atoms with Crippen molar-refractivity contribution in [3.05, 3.63) is 41.6 Å². The third kappa shape index (κ3) is 4.66. The second-order valence-corrected chi connectivity index (χ2v) is 8.12. The summed E-state index contributed by atoms with van der Waals surface area (Å²) in [7, 11) is 0. The molecule has 0 saturated carbocycles. The molecule has 2 saturated heterocycles. The van der Waals surface area contributed by atoms with Crippen LogP contribution in [0.15, 0.2) is 30.3 Å². The normalized spacial score (nSPS) is 23.6. The maximum absolute atomic E-state index is 12.2. The number of likely N-dealkylation sites (tertiary alicyclic amines) is 1. The van der Waals surface area contributed by atoms with Crippen LogP contribution in [-0.4, -0.2) is 48.0 Å². The zero-order valence-corrected chi connectivity index (χ0v) is 16.2. The summed E-state index contributed by atoms with van der Waals surface area (Å²) in [5.41, 5.74) is 3.47. The molecule has 0 bridgehead atoms. The average Bonchev–Trinajstić information content (AvgIpc) is 3.21. The summed E-state index contributed by atoms with van der Waals surface area (Å²) >= 11 is 0. The van der Waals surface area contributed by atoms with Crippen molar-refractivity contribution in [2.24, 2.45) is 5.92 Å². The number of carbonyl (C=O) groups is 1. The van der Waals surface area contributed by atoms with Gasteiger partial charge in [0.1, 0.15) is 0 Å². The van der Waals surface area contributed by atoms with Crippen LogP contribution in [0.2, 0.25) is 0 Å². The molecule has 4 rings (SSSR count). The van der Waals surface area contributed by atoms with E-state index >= 15 is 0 Å². The van der Waals surface area contributed by atoms with E-state index in [2.05, 4.69) is 50.8 Å². The second kappa shape index (κ2) is 8.36. The van der Waals surface area contributed by atoms with Crippen molar-refractivity contribution >= 4 is 16.8 Å². The summed E-state index contributed by atoms with van der Waals surface area (Å²) in [5.74, 6) is 0.732. The predicted molar refractivity (Wildman–Crippen MR) is 109 cm³/mol. The zero-order chi connectivity index (χ0) is 18.6. The first-order valence-corrected chi connectivity index (χ1v) is 10.3. The van der Waals surface area contributed by atoms with Gasteiger partial charge in [-0.1, -0.05) is 12.1 Å². The van der Waals surface area contributed by atoms with Gasteiger partial charge in [0.25, 0.3) is 0 Å². The highest BCUT2D eigenvalue weighted by atomic mass is 16.2. The lowest BCUT2D eigenvalue weighted by molar-refractivity contribution is -0.123. The Labute approximate surface area is 161 Å². The molecule has 2 atom stereocenters. The van der Waals surface area contributed by atoms with Gasteiger partial charge < -0.3 is 10.6 Å². The number of carbonyl (C=O) groups excluding carboxylic acids is 1. The SMILES string of the molecule is Cc1ccc2cc(CN3CCCC(CNC(=O)C4CCCN4)C3)ccc2n1. The van der Waals surface area contributed by atoms with Gasteiger partial charge in [0, 0.05) is 30.7 Å². The van der Waals surface area contributed by atoms with Crippen molar-refractivity contribution in [2.45, 2.75) is 45.2 Å². The number of rotatable bonds is 5. The minimum absolute atomic E-state index is 0.0274. The third-order valence-electron chi connectivity index (χ3n) is 5.84. The lowest BCUT2D eigenvalue weighted by atomic mass is 9.97. The highest BCUT2D eigenvalue weighted by molar-refractivity contribution is 5.82. The first-order valence-electron chi connectivity index (χ1n) is 10.3. The fraction of sp³-hybridized carbons (Fsp3) is 0.545. The standard InChI is InChI=1S/C22H30N4O/c1-16-6-8-19-12-17(7-9-20(19)25-16)14-26-11-3-4-18(15-26)13-24-22(27)21-5-2-10-23-21/h6-9,12,18,21,23H,2-5,10-11,13-15H2,1H3,(H,24,27). The Hall–Kier alpha value is -1.98. The topological polar surface area (TPSA) is 57.3 Å². The number of fused-ring (bicyclic) bond motifs is 1. The lowest BCUT2D eigenvalue weighted by Gasteiger charge is -2.33. The fourth-order valence-corrected chi connectivity index (χ4v) is 4.37. The van der Waals surface area contributed by atoms with Crippen LogP contribution in [-0.2, 0) is 11.3 Å². The van der Waals surface area contributed by atoms with Crippen molar-refractivity contribution in [3.8, 4) is 0 Å². The van der Waals surface area contributed by atoms with Crippen LogP contribution >= 0.6 is 0 Å². The van der Waals surface area contributed by atoms with Crippen LogP contribution in [0.3, 0.4) is 0 Å². The first-order chi connectivity index (χ1) is 13.2. The Balaban J connectivity index is 1.31. The number of nitrogens with zero attached hydrogens (tertiary/aromatic N) is 2. The minimum atomic E-state index is 0.0274. The monoisotopic (exact) mass is 366 g/mol. The zero-order valence-electron chi connectivity index (χ0n) is 16.2. The quantitative estimate of drug-likeness (QED) is 0.854. The van der Waals surface area contributed by atoms with Gasteiger partial charge in [-0.3, -0.25) is 14.7 Å². The van der Waals surface area contributed by atoms with Crippen molar-refractivity contribution in [2.75, 3.05) is 26.2 Å². The highest BCUT2D eigenvalue weighted by Gasteiger charge is 2.24. The van der Waals surface area contributed by atoms with Gasteiger partial charge in [0.15, 0.2) is 0 Å². The molecule has 5 nitrogen and oxygen atoms in total. The Bertz CT molecular complexity index is 800. The number of aromatic nitrogens is 1. The number of nitrogens with one attached hydrogen (secondary N) is 2. The first kappa shape index (κ1) is 18.4. The van der Waals surface area contributed by atoms with Crippen LogP contribution in [0.4, 0.5) is 0 Å². The molecule has 0 aliphatic carbocycles. The number of aryl methyl sites for hydroxylation is 1. The molecule has 2 unspecified atom stereocenters. The predicted octanol–water partition coefficient (Wildman–Crippen LogP) is 2.62. The van der Waals surface area contributed by atoms with E-state index < -0.39 is 0 Å². The molecule has 144 valence electrons. The molecule has 2 aliphatic heterocycles. The maximum atomic E-state index is 12.2. The molecule has 1 aromatic heterocycles. The molecular formula is C22H30N4O. The van der Waals surface area contributed by atoms with Crippen molar-refractivity contribution in [1.29, 1.82) is 0 Å². The number of amides is 1. The maximum Gasteiger partial charge on any atom is 0.237 e. The Morgan fingerprint density at radius 3 is 3.04 bits per heavy atom.